The largest absolute Gasteiger partial charge is 0.240 e. The van der Waals surface area contributed by atoms with Gasteiger partial charge in [0, 0.05) is 17.4 Å². The van der Waals surface area contributed by atoms with Gasteiger partial charge >= 0.3 is 0 Å². The first-order chi connectivity index (χ1) is 6.56. The molecular formula is C8H9Cl2NO2S. The second-order valence-corrected chi connectivity index (χ2v) is 5.12. The Balaban J connectivity index is 2.87. The van der Waals surface area contributed by atoms with Gasteiger partial charge in [0.2, 0.25) is 10.0 Å². The number of hydrogen-bond acceptors (Lipinski definition) is 2. The number of nitrogens with one attached hydrogen (secondary N) is 1. The molecule has 0 aliphatic heterocycles. The molecule has 1 aromatic rings. The third kappa shape index (κ3) is 3.13. The highest BCUT2D eigenvalue weighted by Gasteiger charge is 2.11. The van der Waals surface area contributed by atoms with Crippen LogP contribution in [0.5, 0.6) is 0 Å². The van der Waals surface area contributed by atoms with E-state index in [2.05, 4.69) is 4.72 Å². The lowest BCUT2D eigenvalue weighted by molar-refractivity contribution is 0.584. The lowest BCUT2D eigenvalue weighted by atomic mass is 10.4. The average Bonchev–Trinajstić information content (AvgIpc) is 2.16. The Morgan fingerprint density at radius 2 is 1.79 bits per heavy atom. The Morgan fingerprint density at radius 3 is 2.29 bits per heavy atom. The summed E-state index contributed by atoms with van der Waals surface area (Å²) in [5.41, 5.74) is 0. The van der Waals surface area contributed by atoms with Crippen molar-refractivity contribution >= 4 is 33.2 Å². The van der Waals surface area contributed by atoms with Crippen LogP contribution in [0.4, 0.5) is 0 Å². The predicted octanol–water partition coefficient (Wildman–Crippen LogP) is 1.86. The van der Waals surface area contributed by atoms with Crippen molar-refractivity contribution in [3.05, 3.63) is 29.3 Å². The molecule has 0 unspecified atom stereocenters. The van der Waals surface area contributed by atoms with Gasteiger partial charge in [-0.1, -0.05) is 11.6 Å². The third-order valence-corrected chi connectivity index (χ3v) is 3.43. The van der Waals surface area contributed by atoms with Gasteiger partial charge in [-0.15, -0.1) is 11.6 Å². The molecular weight excluding hydrogens is 245 g/mol. The van der Waals surface area contributed by atoms with E-state index in [0.717, 1.165) is 0 Å². The molecule has 0 aromatic heterocycles. The maximum Gasteiger partial charge on any atom is 0.240 e. The Hall–Kier alpha value is -0.290. The van der Waals surface area contributed by atoms with Crippen LogP contribution in [0.15, 0.2) is 29.2 Å². The van der Waals surface area contributed by atoms with E-state index in [9.17, 15) is 8.42 Å². The van der Waals surface area contributed by atoms with Crippen LogP contribution in [0.1, 0.15) is 0 Å². The summed E-state index contributed by atoms with van der Waals surface area (Å²) >= 11 is 11.0. The fourth-order valence-corrected chi connectivity index (χ4v) is 2.23. The second kappa shape index (κ2) is 4.98. The molecule has 0 saturated heterocycles. The van der Waals surface area contributed by atoms with Crippen LogP contribution in [-0.4, -0.2) is 20.8 Å². The molecule has 0 aliphatic rings. The van der Waals surface area contributed by atoms with Crippen molar-refractivity contribution in [1.29, 1.82) is 0 Å². The smallest absolute Gasteiger partial charge is 0.210 e. The highest BCUT2D eigenvalue weighted by molar-refractivity contribution is 7.89. The molecule has 14 heavy (non-hydrogen) atoms. The SMILES string of the molecule is O=S(=O)(NCCCl)c1ccc(Cl)cc1. The standard InChI is InChI=1S/C8H9Cl2NO2S/c9-5-6-11-14(12,13)8-3-1-7(10)2-4-8/h1-4,11H,5-6H2. The summed E-state index contributed by atoms with van der Waals surface area (Å²) < 4.78 is 25.3. The Morgan fingerprint density at radius 1 is 1.21 bits per heavy atom. The lowest BCUT2D eigenvalue weighted by Crippen LogP contribution is -2.25. The zero-order valence-corrected chi connectivity index (χ0v) is 9.53. The van der Waals surface area contributed by atoms with Gasteiger partial charge in [-0.2, -0.15) is 0 Å². The van der Waals surface area contributed by atoms with Crippen LogP contribution in [0.2, 0.25) is 5.02 Å². The van der Waals surface area contributed by atoms with E-state index in [1.54, 1.807) is 0 Å². The summed E-state index contributed by atoms with van der Waals surface area (Å²) in [5.74, 6) is 0.243. The van der Waals surface area contributed by atoms with Gasteiger partial charge in [0.05, 0.1) is 4.90 Å². The molecule has 0 fully saturated rings. The van der Waals surface area contributed by atoms with E-state index in [-0.39, 0.29) is 17.3 Å². The van der Waals surface area contributed by atoms with Gasteiger partial charge in [-0.3, -0.25) is 0 Å². The summed E-state index contributed by atoms with van der Waals surface area (Å²) in [4.78, 5) is 0.187. The molecule has 1 N–H and O–H groups in total. The number of hydrogen-bond donors (Lipinski definition) is 1. The van der Waals surface area contributed by atoms with Gasteiger partial charge in [-0.25, -0.2) is 13.1 Å². The van der Waals surface area contributed by atoms with Crippen molar-refractivity contribution in [2.45, 2.75) is 4.90 Å². The van der Waals surface area contributed by atoms with Crippen LogP contribution in [0, 0.1) is 0 Å². The number of sulfonamides is 1. The van der Waals surface area contributed by atoms with E-state index in [1.165, 1.54) is 24.3 Å². The summed E-state index contributed by atoms with van der Waals surface area (Å²) in [7, 11) is -3.43. The van der Waals surface area contributed by atoms with E-state index in [1.807, 2.05) is 0 Å². The van der Waals surface area contributed by atoms with Gasteiger partial charge in [0.15, 0.2) is 0 Å². The summed E-state index contributed by atoms with van der Waals surface area (Å²) in [6.45, 7) is 0.215. The van der Waals surface area contributed by atoms with Crippen LogP contribution in [-0.2, 0) is 10.0 Å². The Labute approximate surface area is 93.1 Å². The molecule has 0 heterocycles. The zero-order chi connectivity index (χ0) is 10.6. The maximum atomic E-state index is 11.5. The highest BCUT2D eigenvalue weighted by atomic mass is 35.5. The lowest BCUT2D eigenvalue weighted by Gasteiger charge is -2.04. The predicted molar refractivity (Wildman–Crippen MR) is 57.4 cm³/mol. The first-order valence-electron chi connectivity index (χ1n) is 3.87. The molecule has 0 amide bonds. The van der Waals surface area contributed by atoms with E-state index < -0.39 is 10.0 Å². The summed E-state index contributed by atoms with van der Waals surface area (Å²) in [5, 5.41) is 0.501. The van der Waals surface area contributed by atoms with Crippen LogP contribution >= 0.6 is 23.2 Å². The van der Waals surface area contributed by atoms with Crippen molar-refractivity contribution in [1.82, 2.24) is 4.72 Å². The van der Waals surface area contributed by atoms with Crippen molar-refractivity contribution in [3.8, 4) is 0 Å². The van der Waals surface area contributed by atoms with Crippen molar-refractivity contribution in [3.63, 3.8) is 0 Å². The summed E-state index contributed by atoms with van der Waals surface area (Å²) in [6.07, 6.45) is 0. The zero-order valence-electron chi connectivity index (χ0n) is 7.20. The summed E-state index contributed by atoms with van der Waals surface area (Å²) in [6, 6.07) is 5.94. The van der Waals surface area contributed by atoms with Crippen LogP contribution in [0.25, 0.3) is 0 Å². The van der Waals surface area contributed by atoms with Gasteiger partial charge in [0.1, 0.15) is 0 Å². The minimum atomic E-state index is -3.43. The molecule has 0 radical (unpaired) electrons. The minimum Gasteiger partial charge on any atom is -0.210 e. The third-order valence-electron chi connectivity index (χ3n) is 1.51. The Kier molecular flexibility index (Phi) is 4.19. The second-order valence-electron chi connectivity index (χ2n) is 2.54. The molecule has 6 heteroatoms. The average molecular weight is 254 g/mol. The van der Waals surface area contributed by atoms with Crippen molar-refractivity contribution in [2.75, 3.05) is 12.4 Å². The minimum absolute atomic E-state index is 0.187. The molecule has 0 atom stereocenters. The first kappa shape index (κ1) is 11.8. The molecule has 78 valence electrons. The molecule has 1 aromatic carbocycles. The number of halogens is 2. The van der Waals surface area contributed by atoms with E-state index in [0.29, 0.717) is 5.02 Å². The maximum absolute atomic E-state index is 11.5. The number of benzene rings is 1. The van der Waals surface area contributed by atoms with Gasteiger partial charge in [0.25, 0.3) is 0 Å². The van der Waals surface area contributed by atoms with E-state index >= 15 is 0 Å². The quantitative estimate of drug-likeness (QED) is 0.833. The molecule has 0 bridgehead atoms. The van der Waals surface area contributed by atoms with Gasteiger partial charge in [-0.05, 0) is 24.3 Å². The number of alkyl halides is 1. The van der Waals surface area contributed by atoms with Gasteiger partial charge < -0.3 is 0 Å². The van der Waals surface area contributed by atoms with Crippen molar-refractivity contribution < 1.29 is 8.42 Å². The number of rotatable bonds is 4. The molecule has 0 saturated carbocycles. The van der Waals surface area contributed by atoms with E-state index in [4.69, 9.17) is 23.2 Å². The fraction of sp³-hybridized carbons (Fsp3) is 0.250. The normalized spacial score (nSPS) is 11.6. The fourth-order valence-electron chi connectivity index (χ4n) is 0.870. The molecule has 0 aliphatic carbocycles. The molecule has 3 nitrogen and oxygen atoms in total. The topological polar surface area (TPSA) is 46.2 Å². The van der Waals surface area contributed by atoms with Crippen molar-refractivity contribution in [2.24, 2.45) is 0 Å². The van der Waals surface area contributed by atoms with Crippen LogP contribution < -0.4 is 4.72 Å². The molecule has 0 spiro atoms. The highest BCUT2D eigenvalue weighted by Crippen LogP contribution is 2.13. The molecule has 1 rings (SSSR count). The Bertz CT molecular complexity index is 388. The monoisotopic (exact) mass is 253 g/mol. The first-order valence-corrected chi connectivity index (χ1v) is 6.27. The van der Waals surface area contributed by atoms with Crippen LogP contribution in [0.3, 0.4) is 0 Å².